The maximum absolute atomic E-state index is 11.0. The van der Waals surface area contributed by atoms with Crippen LogP contribution in [0.5, 0.6) is 5.75 Å². The minimum atomic E-state index is 0.0302. The Kier molecular flexibility index (Phi) is 3.09. The Morgan fingerprint density at radius 3 is 2.13 bits per heavy atom. The zero-order chi connectivity index (χ0) is 15.8. The smallest absolute Gasteiger partial charge is 0.153 e. The molecule has 4 aromatic carbocycles. The minimum Gasteiger partial charge on any atom is -0.507 e. The van der Waals surface area contributed by atoms with Gasteiger partial charge in [-0.2, -0.15) is 0 Å². The number of fused-ring (bicyclic) bond motifs is 2. The van der Waals surface area contributed by atoms with Crippen LogP contribution in [0.2, 0.25) is 0 Å². The van der Waals surface area contributed by atoms with E-state index in [1.807, 2.05) is 36.4 Å². The monoisotopic (exact) mass is 298 g/mol. The summed E-state index contributed by atoms with van der Waals surface area (Å²) in [7, 11) is 0. The van der Waals surface area contributed by atoms with E-state index in [4.69, 9.17) is 0 Å². The van der Waals surface area contributed by atoms with Gasteiger partial charge in [0.2, 0.25) is 0 Å². The molecule has 0 atom stereocenters. The van der Waals surface area contributed by atoms with E-state index in [0.717, 1.165) is 16.3 Å². The van der Waals surface area contributed by atoms with Crippen molar-refractivity contribution in [2.75, 3.05) is 0 Å². The summed E-state index contributed by atoms with van der Waals surface area (Å²) in [5.74, 6) is 0.0302. The van der Waals surface area contributed by atoms with Crippen LogP contribution in [0.15, 0.2) is 72.8 Å². The second-order valence-electron chi connectivity index (χ2n) is 5.62. The molecular weight excluding hydrogens is 284 g/mol. The van der Waals surface area contributed by atoms with E-state index in [2.05, 4.69) is 24.3 Å². The lowest BCUT2D eigenvalue weighted by atomic mass is 9.97. The number of carbonyl (C=O) groups excluding carboxylic acids is 1. The number of phenolic OH excluding ortho intramolecular Hbond substituents is 1. The molecule has 2 nitrogen and oxygen atoms in total. The number of rotatable bonds is 2. The highest BCUT2D eigenvalue weighted by molar-refractivity contribution is 6.00. The molecule has 0 saturated carbocycles. The summed E-state index contributed by atoms with van der Waals surface area (Å²) >= 11 is 0. The molecule has 0 aliphatic heterocycles. The molecule has 23 heavy (non-hydrogen) atoms. The second-order valence-corrected chi connectivity index (χ2v) is 5.62. The van der Waals surface area contributed by atoms with Crippen molar-refractivity contribution in [1.29, 1.82) is 0 Å². The Balaban J connectivity index is 1.95. The number of phenols is 1. The largest absolute Gasteiger partial charge is 0.507 e. The number of aromatic hydroxyl groups is 1. The maximum Gasteiger partial charge on any atom is 0.153 e. The van der Waals surface area contributed by atoms with Gasteiger partial charge >= 0.3 is 0 Å². The number of benzene rings is 4. The summed E-state index contributed by atoms with van der Waals surface area (Å²) in [4.78, 5) is 11.0. The quantitative estimate of drug-likeness (QED) is 0.409. The maximum atomic E-state index is 11.0. The van der Waals surface area contributed by atoms with Crippen molar-refractivity contribution in [1.82, 2.24) is 0 Å². The van der Waals surface area contributed by atoms with Gasteiger partial charge in [0.1, 0.15) is 5.75 Å². The third-order valence-corrected chi connectivity index (χ3v) is 4.21. The summed E-state index contributed by atoms with van der Waals surface area (Å²) in [5.41, 5.74) is 1.87. The lowest BCUT2D eigenvalue weighted by Crippen LogP contribution is -1.86. The van der Waals surface area contributed by atoms with Gasteiger partial charge < -0.3 is 5.11 Å². The van der Waals surface area contributed by atoms with Crippen LogP contribution in [0.25, 0.3) is 32.7 Å². The Morgan fingerprint density at radius 2 is 1.39 bits per heavy atom. The topological polar surface area (TPSA) is 37.3 Å². The highest BCUT2D eigenvalue weighted by Gasteiger charge is 2.09. The summed E-state index contributed by atoms with van der Waals surface area (Å²) in [5, 5.41) is 14.9. The van der Waals surface area contributed by atoms with Crippen molar-refractivity contribution >= 4 is 27.8 Å². The van der Waals surface area contributed by atoms with Crippen molar-refractivity contribution in [3.8, 4) is 16.9 Å². The number of hydrogen-bond donors (Lipinski definition) is 1. The van der Waals surface area contributed by atoms with Gasteiger partial charge in [-0.05, 0) is 51.4 Å². The molecule has 110 valence electrons. The molecule has 4 rings (SSSR count). The molecular formula is C21H14O2. The molecule has 0 heterocycles. The molecule has 0 aliphatic carbocycles. The molecule has 0 aromatic heterocycles. The molecule has 0 amide bonds. The van der Waals surface area contributed by atoms with E-state index in [-0.39, 0.29) is 5.75 Å². The van der Waals surface area contributed by atoms with E-state index in [1.165, 1.54) is 10.8 Å². The molecule has 0 unspecified atom stereocenters. The average molecular weight is 298 g/mol. The van der Waals surface area contributed by atoms with E-state index in [1.54, 1.807) is 12.1 Å². The number of aldehydes is 1. The van der Waals surface area contributed by atoms with Crippen molar-refractivity contribution in [2.24, 2.45) is 0 Å². The predicted octanol–water partition coefficient (Wildman–Crippen LogP) is 5.18. The van der Waals surface area contributed by atoms with Crippen molar-refractivity contribution < 1.29 is 9.90 Å². The Morgan fingerprint density at radius 1 is 0.696 bits per heavy atom. The summed E-state index contributed by atoms with van der Waals surface area (Å²) in [6.45, 7) is 0. The zero-order valence-corrected chi connectivity index (χ0v) is 12.4. The number of hydrogen-bond acceptors (Lipinski definition) is 2. The molecule has 2 heteroatoms. The van der Waals surface area contributed by atoms with Gasteiger partial charge in [-0.3, -0.25) is 4.79 Å². The summed E-state index contributed by atoms with van der Waals surface area (Å²) < 4.78 is 0. The predicted molar refractivity (Wildman–Crippen MR) is 93.9 cm³/mol. The molecule has 0 fully saturated rings. The molecule has 0 saturated heterocycles. The molecule has 1 N–H and O–H groups in total. The SMILES string of the molecule is O=Cc1cccc(-c2ccc3cc4ccccc4cc3c2)c1O. The highest BCUT2D eigenvalue weighted by Crippen LogP contribution is 2.34. The van der Waals surface area contributed by atoms with Crippen LogP contribution in [-0.2, 0) is 0 Å². The zero-order valence-electron chi connectivity index (χ0n) is 12.4. The van der Waals surface area contributed by atoms with Gasteiger partial charge in [-0.15, -0.1) is 0 Å². The van der Waals surface area contributed by atoms with Gasteiger partial charge in [0, 0.05) is 5.56 Å². The van der Waals surface area contributed by atoms with Crippen LogP contribution in [0.4, 0.5) is 0 Å². The Hall–Kier alpha value is -3.13. The highest BCUT2D eigenvalue weighted by atomic mass is 16.3. The fourth-order valence-electron chi connectivity index (χ4n) is 3.00. The minimum absolute atomic E-state index is 0.0302. The van der Waals surface area contributed by atoms with Gasteiger partial charge in [-0.1, -0.05) is 48.5 Å². The van der Waals surface area contributed by atoms with Gasteiger partial charge in [-0.25, -0.2) is 0 Å². The van der Waals surface area contributed by atoms with Gasteiger partial charge in [0.15, 0.2) is 6.29 Å². The van der Waals surface area contributed by atoms with Crippen LogP contribution in [-0.4, -0.2) is 11.4 Å². The molecule has 0 spiro atoms. The fraction of sp³-hybridized carbons (Fsp3) is 0. The van der Waals surface area contributed by atoms with Crippen molar-refractivity contribution in [2.45, 2.75) is 0 Å². The normalized spacial score (nSPS) is 11.0. The van der Waals surface area contributed by atoms with Crippen LogP contribution >= 0.6 is 0 Å². The number of carbonyl (C=O) groups is 1. The second kappa shape index (κ2) is 5.25. The Bertz CT molecular complexity index is 1050. The van der Waals surface area contributed by atoms with Gasteiger partial charge in [0.05, 0.1) is 5.56 Å². The van der Waals surface area contributed by atoms with E-state index < -0.39 is 0 Å². The fourth-order valence-corrected chi connectivity index (χ4v) is 3.00. The summed E-state index contributed by atoms with van der Waals surface area (Å²) in [6, 6.07) is 23.8. The van der Waals surface area contributed by atoms with E-state index >= 15 is 0 Å². The molecule has 0 radical (unpaired) electrons. The average Bonchev–Trinajstić information content (AvgIpc) is 2.59. The lowest BCUT2D eigenvalue weighted by molar-refractivity contribution is 0.112. The molecule has 0 aliphatic rings. The van der Waals surface area contributed by atoms with Gasteiger partial charge in [0.25, 0.3) is 0 Å². The van der Waals surface area contributed by atoms with E-state index in [9.17, 15) is 9.90 Å². The molecule has 0 bridgehead atoms. The van der Waals surface area contributed by atoms with Crippen LogP contribution in [0, 0.1) is 0 Å². The van der Waals surface area contributed by atoms with Crippen LogP contribution in [0.1, 0.15) is 10.4 Å². The van der Waals surface area contributed by atoms with Crippen LogP contribution < -0.4 is 0 Å². The first-order chi connectivity index (χ1) is 11.3. The first-order valence-corrected chi connectivity index (χ1v) is 7.46. The molecule has 4 aromatic rings. The van der Waals surface area contributed by atoms with Crippen LogP contribution in [0.3, 0.4) is 0 Å². The lowest BCUT2D eigenvalue weighted by Gasteiger charge is -2.09. The Labute approximate surface area is 133 Å². The third kappa shape index (κ3) is 2.25. The first kappa shape index (κ1) is 13.5. The standard InChI is InChI=1S/C21H14O2/c22-13-18-6-3-7-20(21(18)23)17-9-8-16-10-14-4-1-2-5-15(14)11-19(16)12-17/h1-13,23H. The third-order valence-electron chi connectivity index (χ3n) is 4.21. The first-order valence-electron chi connectivity index (χ1n) is 7.46. The van der Waals surface area contributed by atoms with Crippen molar-refractivity contribution in [3.05, 3.63) is 78.4 Å². The van der Waals surface area contributed by atoms with E-state index in [0.29, 0.717) is 17.4 Å². The van der Waals surface area contributed by atoms with Crippen molar-refractivity contribution in [3.63, 3.8) is 0 Å². The summed E-state index contributed by atoms with van der Waals surface area (Å²) in [6.07, 6.45) is 0.674. The number of para-hydroxylation sites is 1.